The number of likely N-dealkylation sites (tertiary alicyclic amines) is 1. The van der Waals surface area contributed by atoms with E-state index in [9.17, 15) is 33.5 Å². The maximum atomic E-state index is 14.3. The van der Waals surface area contributed by atoms with Crippen molar-refractivity contribution in [2.24, 2.45) is 0 Å². The Balaban J connectivity index is 1.38. The number of fused-ring (bicyclic) bond motifs is 1. The fraction of sp³-hybridized carbons (Fsp3) is 0.367. The van der Waals surface area contributed by atoms with Crippen LogP contribution in [0.1, 0.15) is 32.3 Å². The highest BCUT2D eigenvalue weighted by atomic mass is 35.5. The molecule has 11 nitrogen and oxygen atoms in total. The lowest BCUT2D eigenvalue weighted by molar-refractivity contribution is -0.146. The minimum atomic E-state index is -1.99. The van der Waals surface area contributed by atoms with Crippen LogP contribution in [-0.4, -0.2) is 67.6 Å². The number of rotatable bonds is 6. The number of halogens is 2. The molecule has 13 heteroatoms. The number of urea groups is 1. The molecule has 0 atom stereocenters. The van der Waals surface area contributed by atoms with Crippen LogP contribution < -0.4 is 16.6 Å². The summed E-state index contributed by atoms with van der Waals surface area (Å²) in [6, 6.07) is 11.2. The second kappa shape index (κ2) is 11.7. The maximum Gasteiger partial charge on any atom is 0.332 e. The molecule has 5 rings (SSSR count). The number of carbonyl (C=O) groups excluding carboxylic acids is 2. The second-order valence-corrected chi connectivity index (χ2v) is 11.6. The highest BCUT2D eigenvalue weighted by Crippen LogP contribution is 2.28. The molecule has 2 aliphatic rings. The van der Waals surface area contributed by atoms with E-state index in [1.807, 2.05) is 24.3 Å². The third kappa shape index (κ3) is 5.66. The van der Waals surface area contributed by atoms with Gasteiger partial charge in [0.1, 0.15) is 17.9 Å². The van der Waals surface area contributed by atoms with Crippen LogP contribution in [0.15, 0.2) is 58.3 Å². The van der Waals surface area contributed by atoms with Crippen molar-refractivity contribution in [3.63, 3.8) is 0 Å². The van der Waals surface area contributed by atoms with Gasteiger partial charge in [0.05, 0.1) is 10.6 Å². The van der Waals surface area contributed by atoms with E-state index in [2.05, 4.69) is 5.32 Å². The first-order valence-electron chi connectivity index (χ1n) is 13.9. The summed E-state index contributed by atoms with van der Waals surface area (Å²) in [4.78, 5) is 68.6. The van der Waals surface area contributed by atoms with Gasteiger partial charge in [0.2, 0.25) is 5.91 Å². The van der Waals surface area contributed by atoms with Crippen LogP contribution in [0, 0.1) is 5.82 Å². The topological polar surface area (TPSA) is 134 Å². The number of aromatic nitrogens is 2. The number of carboxylic acid groups (broad SMARTS) is 1. The number of amides is 3. The summed E-state index contributed by atoms with van der Waals surface area (Å²) in [5.74, 6) is -2.68. The fourth-order valence-corrected chi connectivity index (χ4v) is 5.84. The molecule has 3 aromatic rings. The average Bonchev–Trinajstić information content (AvgIpc) is 3.14. The molecule has 1 saturated heterocycles. The van der Waals surface area contributed by atoms with E-state index in [1.54, 1.807) is 9.80 Å². The number of aliphatic carboxylic acids is 1. The van der Waals surface area contributed by atoms with Gasteiger partial charge in [0.25, 0.3) is 5.56 Å². The zero-order chi connectivity index (χ0) is 31.1. The van der Waals surface area contributed by atoms with Gasteiger partial charge >= 0.3 is 17.7 Å². The van der Waals surface area contributed by atoms with Crippen LogP contribution in [0.3, 0.4) is 0 Å². The fourth-order valence-electron chi connectivity index (χ4n) is 5.61. The Morgan fingerprint density at radius 3 is 2.42 bits per heavy atom. The molecule has 0 saturated carbocycles. The van der Waals surface area contributed by atoms with Crippen LogP contribution >= 0.6 is 11.6 Å². The molecule has 3 heterocycles. The van der Waals surface area contributed by atoms with Crippen molar-refractivity contribution in [2.45, 2.75) is 51.2 Å². The lowest BCUT2D eigenvalue weighted by Crippen LogP contribution is -2.54. The number of hydrogen-bond donors (Lipinski definition) is 2. The van der Waals surface area contributed by atoms with E-state index in [0.717, 1.165) is 28.1 Å². The highest BCUT2D eigenvalue weighted by molar-refractivity contribution is 6.33. The number of nitrogens with one attached hydrogen (secondary N) is 1. The molecule has 0 aliphatic carbocycles. The first-order chi connectivity index (χ1) is 20.4. The Hall–Kier alpha value is -4.45. The van der Waals surface area contributed by atoms with E-state index in [0.29, 0.717) is 43.5 Å². The number of anilines is 1. The summed E-state index contributed by atoms with van der Waals surface area (Å²) in [6.45, 7) is 3.09. The molecular formula is C30H31ClFN5O6. The van der Waals surface area contributed by atoms with Gasteiger partial charge in [-0.2, -0.15) is 0 Å². The smallest absolute Gasteiger partial charge is 0.332 e. The van der Waals surface area contributed by atoms with Crippen molar-refractivity contribution in [1.82, 2.24) is 18.9 Å². The van der Waals surface area contributed by atoms with Crippen molar-refractivity contribution in [3.8, 4) is 11.1 Å². The predicted molar refractivity (Wildman–Crippen MR) is 158 cm³/mol. The summed E-state index contributed by atoms with van der Waals surface area (Å²) in [7, 11) is 0. The van der Waals surface area contributed by atoms with Gasteiger partial charge in [0, 0.05) is 43.1 Å². The van der Waals surface area contributed by atoms with E-state index in [4.69, 9.17) is 11.6 Å². The zero-order valence-electron chi connectivity index (χ0n) is 23.7. The molecule has 2 aromatic carbocycles. The number of para-hydroxylation sites is 1. The Labute approximate surface area is 251 Å². The molecule has 1 fully saturated rings. The lowest BCUT2D eigenvalue weighted by Gasteiger charge is -2.38. The number of hydrogen-bond acceptors (Lipinski definition) is 5. The zero-order valence-corrected chi connectivity index (χ0v) is 24.4. The molecule has 2 N–H and O–H groups in total. The van der Waals surface area contributed by atoms with Crippen LogP contribution in [0.25, 0.3) is 11.1 Å². The van der Waals surface area contributed by atoms with Gasteiger partial charge in [-0.3, -0.25) is 14.2 Å². The first kappa shape index (κ1) is 30.0. The van der Waals surface area contributed by atoms with Crippen molar-refractivity contribution >= 4 is 35.2 Å². The van der Waals surface area contributed by atoms with Gasteiger partial charge in [-0.05, 0) is 50.8 Å². The molecule has 1 aromatic heterocycles. The maximum absolute atomic E-state index is 14.3. The van der Waals surface area contributed by atoms with E-state index in [-0.39, 0.29) is 28.2 Å². The number of nitrogens with zero attached hydrogens (tertiary/aromatic N) is 4. The minimum Gasteiger partial charge on any atom is -0.480 e. The largest absolute Gasteiger partial charge is 0.480 e. The van der Waals surface area contributed by atoms with Gasteiger partial charge in [-0.1, -0.05) is 41.9 Å². The predicted octanol–water partition coefficient (Wildman–Crippen LogP) is 3.37. The van der Waals surface area contributed by atoms with Crippen molar-refractivity contribution in [1.29, 1.82) is 0 Å². The second-order valence-electron chi connectivity index (χ2n) is 11.2. The molecular weight excluding hydrogens is 581 g/mol. The highest BCUT2D eigenvalue weighted by Gasteiger charge is 2.36. The van der Waals surface area contributed by atoms with Crippen molar-refractivity contribution in [3.05, 3.63) is 85.9 Å². The average molecular weight is 612 g/mol. The molecule has 0 spiro atoms. The van der Waals surface area contributed by atoms with Crippen molar-refractivity contribution < 1.29 is 23.9 Å². The number of carboxylic acids is 1. The summed E-state index contributed by atoms with van der Waals surface area (Å²) in [5.41, 5.74) is -2.38. The van der Waals surface area contributed by atoms with E-state index in [1.165, 1.54) is 26.0 Å². The molecule has 2 aliphatic heterocycles. The van der Waals surface area contributed by atoms with E-state index >= 15 is 0 Å². The number of carbonyl (C=O) groups is 3. The van der Waals surface area contributed by atoms with Crippen LogP contribution in [0.2, 0.25) is 5.02 Å². The molecule has 3 amide bonds. The molecule has 0 radical (unpaired) electrons. The number of benzene rings is 2. The monoisotopic (exact) mass is 611 g/mol. The van der Waals surface area contributed by atoms with Gasteiger partial charge in [0.15, 0.2) is 0 Å². The Morgan fingerprint density at radius 2 is 1.72 bits per heavy atom. The van der Waals surface area contributed by atoms with Crippen molar-refractivity contribution in [2.75, 3.05) is 25.0 Å². The first-order valence-corrected chi connectivity index (χ1v) is 14.3. The van der Waals surface area contributed by atoms with Gasteiger partial charge in [-0.15, -0.1) is 0 Å². The quantitative estimate of drug-likeness (QED) is 0.439. The standard InChI is InChI=1S/C30H31ClFN5O6/c1-30(2,27(40)41)37-26(39)21(20-7-5-8-22(32)25(20)31)16-35(29(37)43)17-24(38)34-13-11-19(12-14-34)36-15-10-18-6-3-4-9-23(18)33-28(36)42/h3-9,16,19H,10-15,17H2,1-2H3,(H,33,42)(H,40,41). The summed E-state index contributed by atoms with van der Waals surface area (Å²) >= 11 is 6.14. The molecule has 226 valence electrons. The third-order valence-electron chi connectivity index (χ3n) is 8.19. The minimum absolute atomic E-state index is 0.0403. The summed E-state index contributed by atoms with van der Waals surface area (Å²) in [5, 5.41) is 12.4. The molecule has 0 bridgehead atoms. The lowest BCUT2D eigenvalue weighted by atomic mass is 10.0. The Kier molecular flexibility index (Phi) is 8.15. The van der Waals surface area contributed by atoms with Gasteiger partial charge < -0.3 is 20.2 Å². The van der Waals surface area contributed by atoms with Gasteiger partial charge in [-0.25, -0.2) is 23.3 Å². The third-order valence-corrected chi connectivity index (χ3v) is 8.57. The van der Waals surface area contributed by atoms with Crippen LogP contribution in [0.4, 0.5) is 14.9 Å². The molecule has 0 unspecified atom stereocenters. The van der Waals surface area contributed by atoms with E-state index < -0.39 is 41.0 Å². The Bertz CT molecular complexity index is 1730. The summed E-state index contributed by atoms with van der Waals surface area (Å²) < 4.78 is 15.8. The Morgan fingerprint density at radius 1 is 1.02 bits per heavy atom. The number of piperidine rings is 1. The van der Waals surface area contributed by atoms with Crippen LogP contribution in [0.5, 0.6) is 0 Å². The normalized spacial score (nSPS) is 16.0. The molecule has 43 heavy (non-hydrogen) atoms. The SMILES string of the molecule is CC(C)(C(=O)O)n1c(=O)c(-c2cccc(F)c2Cl)cn(CC(=O)N2CCC(N3CCc4ccccc4NC3=O)CC2)c1=O. The summed E-state index contributed by atoms with van der Waals surface area (Å²) in [6.07, 6.45) is 2.88. The van der Waals surface area contributed by atoms with Crippen LogP contribution in [-0.2, 0) is 28.1 Å².